The largest absolute Gasteiger partial charge is 0.389 e. The SMILES string of the molecule is CC(C)(O)CN1CCN(CC(C)(C)O)CCN(CC(C)(C)O)CC1. The van der Waals surface area contributed by atoms with Gasteiger partial charge in [0.2, 0.25) is 0 Å². The van der Waals surface area contributed by atoms with Crippen LogP contribution in [0.25, 0.3) is 0 Å². The maximum Gasteiger partial charge on any atom is 0.0718 e. The molecule has 0 aromatic heterocycles. The molecule has 1 rings (SSSR count). The molecule has 0 saturated carbocycles. The van der Waals surface area contributed by atoms with Crippen LogP contribution in [-0.4, -0.2) is 106 Å². The van der Waals surface area contributed by atoms with Gasteiger partial charge in [0, 0.05) is 58.9 Å². The zero-order valence-electron chi connectivity index (χ0n) is 16.5. The van der Waals surface area contributed by atoms with Crippen molar-refractivity contribution in [3.05, 3.63) is 0 Å². The molecule has 0 bridgehead atoms. The lowest BCUT2D eigenvalue weighted by Gasteiger charge is -2.32. The lowest BCUT2D eigenvalue weighted by Crippen LogP contribution is -2.45. The van der Waals surface area contributed by atoms with Gasteiger partial charge in [-0.15, -0.1) is 0 Å². The second-order valence-corrected chi connectivity index (χ2v) is 9.27. The van der Waals surface area contributed by atoms with E-state index in [0.717, 1.165) is 39.3 Å². The summed E-state index contributed by atoms with van der Waals surface area (Å²) in [7, 11) is 0. The zero-order valence-corrected chi connectivity index (χ0v) is 16.5. The van der Waals surface area contributed by atoms with E-state index in [-0.39, 0.29) is 0 Å². The standard InChI is InChI=1S/C18H39N3O3/c1-16(2,22)13-19-7-9-20(14-17(3,4)23)11-12-21(10-8-19)15-18(5,6)24/h22-24H,7-15H2,1-6H3. The Morgan fingerprint density at radius 3 is 0.792 bits per heavy atom. The zero-order chi connectivity index (χ0) is 18.6. The van der Waals surface area contributed by atoms with E-state index < -0.39 is 16.8 Å². The normalized spacial score (nSPS) is 21.4. The van der Waals surface area contributed by atoms with Crippen LogP contribution in [0.2, 0.25) is 0 Å². The van der Waals surface area contributed by atoms with Gasteiger partial charge in [-0.2, -0.15) is 0 Å². The first-order valence-corrected chi connectivity index (χ1v) is 9.08. The first-order chi connectivity index (χ1) is 10.7. The monoisotopic (exact) mass is 345 g/mol. The van der Waals surface area contributed by atoms with Crippen LogP contribution in [-0.2, 0) is 0 Å². The van der Waals surface area contributed by atoms with Crippen molar-refractivity contribution in [1.82, 2.24) is 14.7 Å². The third-order valence-electron chi connectivity index (χ3n) is 4.03. The predicted octanol–water partition coefficient (Wildman–Crippen LogP) is 0.219. The van der Waals surface area contributed by atoms with Gasteiger partial charge in [0.15, 0.2) is 0 Å². The summed E-state index contributed by atoms with van der Waals surface area (Å²) in [5, 5.41) is 30.5. The molecule has 1 saturated heterocycles. The summed E-state index contributed by atoms with van der Waals surface area (Å²) < 4.78 is 0. The van der Waals surface area contributed by atoms with Crippen molar-refractivity contribution in [1.29, 1.82) is 0 Å². The Labute approximate surface area is 148 Å². The molecule has 0 aromatic carbocycles. The minimum Gasteiger partial charge on any atom is -0.389 e. The summed E-state index contributed by atoms with van der Waals surface area (Å²) in [6.07, 6.45) is 0. The van der Waals surface area contributed by atoms with Gasteiger partial charge >= 0.3 is 0 Å². The molecule has 1 heterocycles. The highest BCUT2D eigenvalue weighted by molar-refractivity contribution is 4.81. The van der Waals surface area contributed by atoms with Crippen LogP contribution in [0.4, 0.5) is 0 Å². The van der Waals surface area contributed by atoms with Gasteiger partial charge in [-0.3, -0.25) is 14.7 Å². The van der Waals surface area contributed by atoms with Gasteiger partial charge in [0.1, 0.15) is 0 Å². The Kier molecular flexibility index (Phi) is 7.66. The number of hydrogen-bond donors (Lipinski definition) is 3. The molecular formula is C18H39N3O3. The molecule has 24 heavy (non-hydrogen) atoms. The van der Waals surface area contributed by atoms with E-state index in [4.69, 9.17) is 0 Å². The van der Waals surface area contributed by atoms with Gasteiger partial charge in [0.25, 0.3) is 0 Å². The maximum atomic E-state index is 10.2. The molecule has 0 unspecified atom stereocenters. The molecule has 1 fully saturated rings. The number of hydrogen-bond acceptors (Lipinski definition) is 6. The van der Waals surface area contributed by atoms with Crippen LogP contribution in [0.1, 0.15) is 41.5 Å². The fourth-order valence-electron chi connectivity index (χ4n) is 3.30. The van der Waals surface area contributed by atoms with Crippen molar-refractivity contribution in [3.63, 3.8) is 0 Å². The number of aliphatic hydroxyl groups is 3. The second kappa shape index (κ2) is 8.43. The third-order valence-corrected chi connectivity index (χ3v) is 4.03. The summed E-state index contributed by atoms with van der Waals surface area (Å²) in [5.74, 6) is 0. The van der Waals surface area contributed by atoms with Crippen LogP contribution >= 0.6 is 0 Å². The van der Waals surface area contributed by atoms with E-state index >= 15 is 0 Å². The summed E-state index contributed by atoms with van der Waals surface area (Å²) in [6, 6.07) is 0. The first-order valence-electron chi connectivity index (χ1n) is 9.08. The molecule has 0 spiro atoms. The quantitative estimate of drug-likeness (QED) is 0.640. The average Bonchev–Trinajstić information content (AvgIpc) is 2.39. The number of nitrogens with zero attached hydrogens (tertiary/aromatic N) is 3. The first kappa shape index (κ1) is 21.8. The third kappa shape index (κ3) is 10.6. The summed E-state index contributed by atoms with van der Waals surface area (Å²) in [5.41, 5.74) is -2.18. The molecule has 0 aliphatic carbocycles. The predicted molar refractivity (Wildman–Crippen MR) is 98.2 cm³/mol. The van der Waals surface area contributed by atoms with Gasteiger partial charge in [-0.1, -0.05) is 0 Å². The lowest BCUT2D eigenvalue weighted by atomic mass is 10.1. The highest BCUT2D eigenvalue weighted by Crippen LogP contribution is 2.12. The molecule has 3 N–H and O–H groups in total. The average molecular weight is 346 g/mol. The van der Waals surface area contributed by atoms with Gasteiger partial charge in [0.05, 0.1) is 16.8 Å². The molecule has 0 aromatic rings. The molecular weight excluding hydrogens is 306 g/mol. The Balaban J connectivity index is 2.79. The van der Waals surface area contributed by atoms with Crippen molar-refractivity contribution in [3.8, 4) is 0 Å². The van der Waals surface area contributed by atoms with Crippen LogP contribution in [0, 0.1) is 0 Å². The van der Waals surface area contributed by atoms with Crippen LogP contribution in [0.15, 0.2) is 0 Å². The Hall–Kier alpha value is -0.240. The van der Waals surface area contributed by atoms with E-state index in [9.17, 15) is 15.3 Å². The van der Waals surface area contributed by atoms with Crippen molar-refractivity contribution in [2.75, 3.05) is 58.9 Å². The Morgan fingerprint density at radius 2 is 0.667 bits per heavy atom. The van der Waals surface area contributed by atoms with Crippen molar-refractivity contribution < 1.29 is 15.3 Å². The van der Waals surface area contributed by atoms with Crippen molar-refractivity contribution in [2.24, 2.45) is 0 Å². The number of rotatable bonds is 6. The van der Waals surface area contributed by atoms with Crippen LogP contribution < -0.4 is 0 Å². The minimum atomic E-state index is -0.726. The molecule has 6 nitrogen and oxygen atoms in total. The topological polar surface area (TPSA) is 70.4 Å². The van der Waals surface area contributed by atoms with E-state index in [1.807, 2.05) is 41.5 Å². The smallest absolute Gasteiger partial charge is 0.0718 e. The van der Waals surface area contributed by atoms with E-state index in [1.165, 1.54) is 0 Å². The summed E-state index contributed by atoms with van der Waals surface area (Å²) in [6.45, 7) is 18.1. The summed E-state index contributed by atoms with van der Waals surface area (Å²) in [4.78, 5) is 6.83. The lowest BCUT2D eigenvalue weighted by molar-refractivity contribution is 0.0210. The minimum absolute atomic E-state index is 0.625. The number of β-amino-alcohol motifs (C(OH)–C–C–N with tert-alkyl or cyclic N) is 3. The molecule has 0 atom stereocenters. The molecule has 0 amide bonds. The van der Waals surface area contributed by atoms with Crippen LogP contribution in [0.5, 0.6) is 0 Å². The highest BCUT2D eigenvalue weighted by atomic mass is 16.3. The summed E-state index contributed by atoms with van der Waals surface area (Å²) >= 11 is 0. The van der Waals surface area contributed by atoms with Gasteiger partial charge in [-0.05, 0) is 41.5 Å². The van der Waals surface area contributed by atoms with Gasteiger partial charge < -0.3 is 15.3 Å². The molecule has 144 valence electrons. The maximum absolute atomic E-state index is 10.2. The molecule has 1 aliphatic heterocycles. The van der Waals surface area contributed by atoms with Gasteiger partial charge in [-0.25, -0.2) is 0 Å². The van der Waals surface area contributed by atoms with Crippen molar-refractivity contribution in [2.45, 2.75) is 58.3 Å². The van der Waals surface area contributed by atoms with Crippen molar-refractivity contribution >= 4 is 0 Å². The van der Waals surface area contributed by atoms with E-state index in [2.05, 4.69) is 14.7 Å². The highest BCUT2D eigenvalue weighted by Gasteiger charge is 2.26. The van der Waals surface area contributed by atoms with E-state index in [0.29, 0.717) is 19.6 Å². The van der Waals surface area contributed by atoms with Crippen LogP contribution in [0.3, 0.4) is 0 Å². The fourth-order valence-corrected chi connectivity index (χ4v) is 3.30. The Bertz CT molecular complexity index is 300. The fraction of sp³-hybridized carbons (Fsp3) is 1.00. The molecule has 0 radical (unpaired) electrons. The molecule has 1 aliphatic rings. The second-order valence-electron chi connectivity index (χ2n) is 9.27. The Morgan fingerprint density at radius 1 is 0.500 bits per heavy atom. The van der Waals surface area contributed by atoms with E-state index in [1.54, 1.807) is 0 Å². The molecule has 6 heteroatoms.